The fraction of sp³-hybridized carbons (Fsp3) is 0.311. The number of aromatic amines is 1. The number of hydrogen-bond donors (Lipinski definition) is 4. The van der Waals surface area contributed by atoms with Crippen LogP contribution in [0.5, 0.6) is 0 Å². The van der Waals surface area contributed by atoms with E-state index in [1.165, 1.54) is 0 Å². The van der Waals surface area contributed by atoms with E-state index >= 15 is 0 Å². The lowest BCUT2D eigenvalue weighted by molar-refractivity contribution is -0.136. The zero-order chi connectivity index (χ0) is 40.1. The molecule has 8 rings (SSSR count). The number of oxazole rings is 1. The van der Waals surface area contributed by atoms with Gasteiger partial charge >= 0.3 is 0 Å². The van der Waals surface area contributed by atoms with Crippen LogP contribution in [0, 0.1) is 0 Å². The third-order valence-corrected chi connectivity index (χ3v) is 9.83. The minimum absolute atomic E-state index is 0. The van der Waals surface area contributed by atoms with Gasteiger partial charge in [-0.15, -0.1) is 0 Å². The van der Waals surface area contributed by atoms with E-state index in [4.69, 9.17) is 9.40 Å². The zero-order valence-electron chi connectivity index (χ0n) is 33.1. The van der Waals surface area contributed by atoms with Gasteiger partial charge in [0.1, 0.15) is 11.9 Å². The van der Waals surface area contributed by atoms with Crippen molar-refractivity contribution >= 4 is 34.4 Å². The Balaban J connectivity index is 0.000000908. The first-order chi connectivity index (χ1) is 27.8. The molecule has 3 amide bonds. The predicted octanol–water partition coefficient (Wildman–Crippen LogP) is 7.13. The third-order valence-electron chi connectivity index (χ3n) is 9.83. The summed E-state index contributed by atoms with van der Waals surface area (Å²) in [6, 6.07) is 32.1. The van der Waals surface area contributed by atoms with Crippen LogP contribution in [0.25, 0.3) is 33.8 Å². The van der Waals surface area contributed by atoms with Crippen LogP contribution >= 0.6 is 0 Å². The van der Waals surface area contributed by atoms with Crippen LogP contribution in [-0.4, -0.2) is 89.8 Å². The van der Waals surface area contributed by atoms with Gasteiger partial charge in [-0.1, -0.05) is 66.7 Å². The molecule has 2 aliphatic rings. The maximum absolute atomic E-state index is 13.4. The highest BCUT2D eigenvalue weighted by atomic mass is 16.4. The van der Waals surface area contributed by atoms with Crippen LogP contribution in [0.3, 0.4) is 0 Å². The predicted molar refractivity (Wildman–Crippen MR) is 229 cm³/mol. The Morgan fingerprint density at radius 2 is 1.39 bits per heavy atom. The molecule has 6 aromatic rings. The number of fused-ring (bicyclic) bond motifs is 1. The van der Waals surface area contributed by atoms with Gasteiger partial charge in [0.05, 0.1) is 36.1 Å². The van der Waals surface area contributed by atoms with E-state index in [2.05, 4.69) is 25.9 Å². The average molecular weight is 773 g/mol. The molecule has 12 nitrogen and oxygen atoms in total. The van der Waals surface area contributed by atoms with Crippen molar-refractivity contribution in [3.63, 3.8) is 0 Å². The molecule has 0 bridgehead atoms. The molecule has 4 aromatic carbocycles. The highest BCUT2D eigenvalue weighted by molar-refractivity contribution is 5.98. The molecule has 2 aliphatic heterocycles. The topological polar surface area (TPSA) is 148 Å². The van der Waals surface area contributed by atoms with E-state index in [1.807, 2.05) is 136 Å². The van der Waals surface area contributed by atoms with Crippen LogP contribution < -0.4 is 16.0 Å². The molecule has 2 atom stereocenters. The van der Waals surface area contributed by atoms with Crippen molar-refractivity contribution in [2.75, 3.05) is 46.6 Å². The first-order valence-electron chi connectivity index (χ1n) is 19.5. The average Bonchev–Trinajstić information content (AvgIpc) is 4.06. The van der Waals surface area contributed by atoms with Crippen molar-refractivity contribution in [2.45, 2.75) is 50.6 Å². The normalized spacial score (nSPS) is 16.1. The standard InChI is InChI=1S/C41H38N6O4.2C2H7N.2H2/c48-37(22-27-10-3-1-4-11-27)46-20-8-16-34(46)39-44-32-19-18-29(25-33(32)45-39)36-26-42-41(51-36)30-14-7-15-31(24-30)43-40(50)35-17-9-21-47(35)38(49)23-28-12-5-2-6-13-28;2*1-3-2;;/h1-7,10-15,18-19,24-26,34-35H,8-9,16-17,20-23H2,(H,43,50)(H,44,45);2*3H,1-2H3;2*1H/t34-,35-;;;;/m0..../s1. The Labute approximate surface area is 337 Å². The molecule has 0 radical (unpaired) electrons. The number of likely N-dealkylation sites (tertiary alicyclic amines) is 2. The molecule has 0 aliphatic carbocycles. The van der Waals surface area contributed by atoms with Gasteiger partial charge in [0.15, 0.2) is 5.76 Å². The number of H-pyrrole nitrogens is 1. The highest BCUT2D eigenvalue weighted by Gasteiger charge is 2.34. The van der Waals surface area contributed by atoms with Crippen LogP contribution in [0.1, 0.15) is 51.5 Å². The van der Waals surface area contributed by atoms with Crippen LogP contribution in [0.4, 0.5) is 5.69 Å². The van der Waals surface area contributed by atoms with Gasteiger partial charge in [0, 0.05) is 32.8 Å². The van der Waals surface area contributed by atoms with Crippen molar-refractivity contribution in [2.24, 2.45) is 0 Å². The molecule has 4 N–H and O–H groups in total. The van der Waals surface area contributed by atoms with E-state index in [9.17, 15) is 14.4 Å². The second-order valence-electron chi connectivity index (χ2n) is 14.3. The van der Waals surface area contributed by atoms with E-state index in [0.29, 0.717) is 42.3 Å². The Morgan fingerprint density at radius 3 is 2.07 bits per heavy atom. The molecule has 2 fully saturated rings. The quantitative estimate of drug-likeness (QED) is 0.121. The number of amides is 3. The molecule has 300 valence electrons. The number of rotatable bonds is 9. The van der Waals surface area contributed by atoms with Gasteiger partial charge in [-0.2, -0.15) is 0 Å². The van der Waals surface area contributed by atoms with Gasteiger partial charge in [0.25, 0.3) is 0 Å². The van der Waals surface area contributed by atoms with Crippen molar-refractivity contribution < 1.29 is 21.7 Å². The summed E-state index contributed by atoms with van der Waals surface area (Å²) in [6.45, 7) is 1.29. The minimum Gasteiger partial charge on any atom is -0.436 e. The maximum Gasteiger partial charge on any atom is 0.247 e. The summed E-state index contributed by atoms with van der Waals surface area (Å²) in [5.41, 5.74) is 5.78. The van der Waals surface area contributed by atoms with Gasteiger partial charge in [-0.25, -0.2) is 9.97 Å². The zero-order valence-corrected chi connectivity index (χ0v) is 33.1. The number of benzene rings is 4. The smallest absolute Gasteiger partial charge is 0.247 e. The number of carbonyl (C=O) groups is 3. The molecular formula is C45H56N8O4. The summed E-state index contributed by atoms with van der Waals surface area (Å²) in [5, 5.41) is 8.51. The number of anilines is 1. The molecule has 2 aromatic heterocycles. The monoisotopic (exact) mass is 772 g/mol. The lowest BCUT2D eigenvalue weighted by Crippen LogP contribution is -2.43. The summed E-state index contributed by atoms with van der Waals surface area (Å²) >= 11 is 0. The van der Waals surface area contributed by atoms with Gasteiger partial charge in [0.2, 0.25) is 23.6 Å². The second-order valence-corrected chi connectivity index (χ2v) is 14.3. The molecular weight excluding hydrogens is 717 g/mol. The maximum atomic E-state index is 13.4. The number of imidazole rings is 1. The summed E-state index contributed by atoms with van der Waals surface area (Å²) in [5.74, 6) is 1.67. The Hall–Kier alpha value is -6.11. The summed E-state index contributed by atoms with van der Waals surface area (Å²) in [4.78, 5) is 56.2. The first-order valence-corrected chi connectivity index (χ1v) is 19.5. The van der Waals surface area contributed by atoms with Gasteiger partial charge in [-0.3, -0.25) is 14.4 Å². The van der Waals surface area contributed by atoms with E-state index in [-0.39, 0.29) is 33.0 Å². The van der Waals surface area contributed by atoms with Crippen LogP contribution in [0.15, 0.2) is 114 Å². The largest absolute Gasteiger partial charge is 0.436 e. The fourth-order valence-electron chi connectivity index (χ4n) is 7.27. The lowest BCUT2D eigenvalue weighted by atomic mass is 10.1. The molecule has 0 saturated carbocycles. The van der Waals surface area contributed by atoms with Crippen LogP contribution in [-0.2, 0) is 27.2 Å². The van der Waals surface area contributed by atoms with E-state index in [1.54, 1.807) is 11.1 Å². The van der Waals surface area contributed by atoms with Crippen molar-refractivity contribution in [1.82, 2.24) is 35.4 Å². The van der Waals surface area contributed by atoms with E-state index in [0.717, 1.165) is 59.4 Å². The molecule has 57 heavy (non-hydrogen) atoms. The summed E-state index contributed by atoms with van der Waals surface area (Å²) in [7, 11) is 7.50. The summed E-state index contributed by atoms with van der Waals surface area (Å²) in [6.07, 6.45) is 5.56. The molecule has 12 heteroatoms. The van der Waals surface area contributed by atoms with Crippen LogP contribution in [0.2, 0.25) is 0 Å². The molecule has 0 spiro atoms. The highest BCUT2D eigenvalue weighted by Crippen LogP contribution is 2.34. The van der Waals surface area contributed by atoms with Crippen molar-refractivity contribution in [3.8, 4) is 22.8 Å². The summed E-state index contributed by atoms with van der Waals surface area (Å²) < 4.78 is 6.22. The number of nitrogens with zero attached hydrogens (tertiary/aromatic N) is 4. The SMILES string of the molecule is CNC.CNC.O=C(Nc1cccc(-c2ncc(-c3ccc4nc([C@@H]5CCCN5C(=O)Cc5ccccc5)[nH]c4c3)o2)c1)[C@@H]1CCCN1C(=O)Cc1ccccc1.[HH].[HH]. The fourth-order valence-corrected chi connectivity index (χ4v) is 7.27. The minimum atomic E-state index is -0.511. The number of aromatic nitrogens is 3. The van der Waals surface area contributed by atoms with Gasteiger partial charge in [-0.05, 0) is 101 Å². The molecule has 0 unspecified atom stereocenters. The number of carbonyl (C=O) groups excluding carboxylic acids is 3. The second kappa shape index (κ2) is 19.7. The van der Waals surface area contributed by atoms with Crippen molar-refractivity contribution in [1.29, 1.82) is 0 Å². The Bertz CT molecular complexity index is 2250. The molecule has 2 saturated heterocycles. The van der Waals surface area contributed by atoms with E-state index < -0.39 is 6.04 Å². The Kier molecular flexibility index (Phi) is 14.0. The lowest BCUT2D eigenvalue weighted by Gasteiger charge is -2.24. The third kappa shape index (κ3) is 10.2. The van der Waals surface area contributed by atoms with Crippen molar-refractivity contribution in [3.05, 3.63) is 126 Å². The Morgan fingerprint density at radius 1 is 0.754 bits per heavy atom. The van der Waals surface area contributed by atoms with Gasteiger partial charge < -0.3 is 35.2 Å². The molecule has 4 heterocycles. The number of nitrogens with one attached hydrogen (secondary N) is 4. The first kappa shape index (κ1) is 40.6. The number of hydrogen-bond acceptors (Lipinski definition) is 8.